The van der Waals surface area contributed by atoms with Crippen molar-refractivity contribution < 1.29 is 4.39 Å². The van der Waals surface area contributed by atoms with Gasteiger partial charge in [0.2, 0.25) is 0 Å². The highest BCUT2D eigenvalue weighted by molar-refractivity contribution is 7.99. The van der Waals surface area contributed by atoms with E-state index in [2.05, 4.69) is 16.3 Å². The predicted octanol–water partition coefficient (Wildman–Crippen LogP) is 1.72. The van der Waals surface area contributed by atoms with Gasteiger partial charge in [0.25, 0.3) is 0 Å². The summed E-state index contributed by atoms with van der Waals surface area (Å²) < 4.78 is 13.4. The quantitative estimate of drug-likeness (QED) is 0.841. The minimum atomic E-state index is -0.167. The Morgan fingerprint density at radius 3 is 3.11 bits per heavy atom. The van der Waals surface area contributed by atoms with Gasteiger partial charge < -0.3 is 5.32 Å². The molecule has 1 N–H and O–H groups in total. The largest absolute Gasteiger partial charge is 0.313 e. The molecule has 0 aromatic heterocycles. The first-order chi connectivity index (χ1) is 8.81. The third-order valence-corrected chi connectivity index (χ3v) is 4.00. The Hall–Kier alpha value is -1.09. The second kappa shape index (κ2) is 6.74. The first-order valence-corrected chi connectivity index (χ1v) is 7.01. The van der Waals surface area contributed by atoms with E-state index in [-0.39, 0.29) is 11.9 Å². The van der Waals surface area contributed by atoms with E-state index in [1.165, 1.54) is 17.8 Å². The summed E-state index contributed by atoms with van der Waals surface area (Å²) in [4.78, 5) is 2.84. The molecule has 2 rings (SSSR count). The van der Waals surface area contributed by atoms with Crippen LogP contribution in [0, 0.1) is 17.1 Å². The molecule has 1 unspecified atom stereocenters. The molecule has 1 aromatic carbocycles. The number of rotatable bonds is 4. The number of nitriles is 1. The molecule has 1 aromatic rings. The zero-order valence-corrected chi connectivity index (χ0v) is 10.9. The maximum absolute atomic E-state index is 13.4. The lowest BCUT2D eigenvalue weighted by Crippen LogP contribution is -2.51. The van der Waals surface area contributed by atoms with Crippen LogP contribution in [0.15, 0.2) is 29.2 Å². The van der Waals surface area contributed by atoms with E-state index in [4.69, 9.17) is 5.26 Å². The van der Waals surface area contributed by atoms with Crippen LogP contribution in [0.2, 0.25) is 0 Å². The van der Waals surface area contributed by atoms with Gasteiger partial charge in [-0.3, -0.25) is 4.90 Å². The number of benzene rings is 1. The number of thioether (sulfide) groups is 1. The molecule has 5 heteroatoms. The van der Waals surface area contributed by atoms with Crippen molar-refractivity contribution in [2.75, 3.05) is 31.9 Å². The Bertz CT molecular complexity index is 432. The van der Waals surface area contributed by atoms with Crippen LogP contribution < -0.4 is 5.32 Å². The summed E-state index contributed by atoms with van der Waals surface area (Å²) >= 11 is 1.51. The highest BCUT2D eigenvalue weighted by Crippen LogP contribution is 2.21. The third-order valence-electron chi connectivity index (χ3n) is 2.98. The standard InChI is InChI=1S/C13H16FN3S/c14-12-3-1-2-4-13(12)18-8-7-17-6-5-16-10-11(17)9-15/h1-4,11,16H,5-8,10H2. The van der Waals surface area contributed by atoms with E-state index in [1.54, 1.807) is 12.1 Å². The molecule has 1 fully saturated rings. The topological polar surface area (TPSA) is 39.1 Å². The monoisotopic (exact) mass is 265 g/mol. The van der Waals surface area contributed by atoms with Gasteiger partial charge in [-0.2, -0.15) is 5.26 Å². The van der Waals surface area contributed by atoms with Crippen LogP contribution in [-0.4, -0.2) is 42.9 Å². The van der Waals surface area contributed by atoms with Gasteiger partial charge in [-0.25, -0.2) is 4.39 Å². The van der Waals surface area contributed by atoms with Crippen molar-refractivity contribution in [3.8, 4) is 6.07 Å². The highest BCUT2D eigenvalue weighted by atomic mass is 32.2. The second-order valence-corrected chi connectivity index (χ2v) is 5.30. The smallest absolute Gasteiger partial charge is 0.136 e. The summed E-state index contributed by atoms with van der Waals surface area (Å²) in [6.07, 6.45) is 0. The SMILES string of the molecule is N#CC1CNCCN1CCSc1ccccc1F. The number of nitrogens with one attached hydrogen (secondary N) is 1. The zero-order chi connectivity index (χ0) is 12.8. The molecule has 0 spiro atoms. The molecule has 1 saturated heterocycles. The lowest BCUT2D eigenvalue weighted by molar-refractivity contribution is 0.209. The van der Waals surface area contributed by atoms with E-state index in [9.17, 15) is 4.39 Å². The van der Waals surface area contributed by atoms with Gasteiger partial charge in [0.15, 0.2) is 0 Å². The average Bonchev–Trinajstić information content (AvgIpc) is 2.41. The van der Waals surface area contributed by atoms with Gasteiger partial charge in [0, 0.05) is 36.8 Å². The van der Waals surface area contributed by atoms with Crippen molar-refractivity contribution in [1.29, 1.82) is 5.26 Å². The summed E-state index contributed by atoms with van der Waals surface area (Å²) in [7, 11) is 0. The van der Waals surface area contributed by atoms with Crippen LogP contribution in [0.25, 0.3) is 0 Å². The minimum absolute atomic E-state index is 0.0556. The molecular weight excluding hydrogens is 249 g/mol. The maximum Gasteiger partial charge on any atom is 0.136 e. The summed E-state index contributed by atoms with van der Waals surface area (Å²) in [5, 5.41) is 12.2. The molecule has 96 valence electrons. The Morgan fingerprint density at radius 1 is 1.50 bits per heavy atom. The van der Waals surface area contributed by atoms with E-state index in [1.807, 2.05) is 6.07 Å². The molecule has 0 aliphatic carbocycles. The van der Waals surface area contributed by atoms with Gasteiger partial charge in [-0.15, -0.1) is 11.8 Å². The van der Waals surface area contributed by atoms with Gasteiger partial charge in [0.05, 0.1) is 6.07 Å². The molecule has 1 aliphatic heterocycles. The van der Waals surface area contributed by atoms with E-state index in [0.717, 1.165) is 31.9 Å². The van der Waals surface area contributed by atoms with Crippen LogP contribution in [-0.2, 0) is 0 Å². The summed E-state index contributed by atoms with van der Waals surface area (Å²) in [5.41, 5.74) is 0. The van der Waals surface area contributed by atoms with Crippen LogP contribution in [0.4, 0.5) is 4.39 Å². The molecule has 3 nitrogen and oxygen atoms in total. The molecule has 1 atom stereocenters. The highest BCUT2D eigenvalue weighted by Gasteiger charge is 2.20. The summed E-state index contributed by atoms with van der Waals surface area (Å²) in [5.74, 6) is 0.638. The normalized spacial score (nSPS) is 20.6. The number of piperazine rings is 1. The fourth-order valence-corrected chi connectivity index (χ4v) is 2.90. The van der Waals surface area contributed by atoms with Gasteiger partial charge in [-0.1, -0.05) is 12.1 Å². The molecule has 18 heavy (non-hydrogen) atoms. The molecule has 0 radical (unpaired) electrons. The van der Waals surface area contributed by atoms with E-state index < -0.39 is 0 Å². The number of hydrogen-bond donors (Lipinski definition) is 1. The van der Waals surface area contributed by atoms with Crippen LogP contribution >= 0.6 is 11.8 Å². The lowest BCUT2D eigenvalue weighted by atomic mass is 10.2. The summed E-state index contributed by atoms with van der Waals surface area (Å²) in [6, 6.07) is 9.04. The van der Waals surface area contributed by atoms with Crippen molar-refractivity contribution in [3.63, 3.8) is 0 Å². The minimum Gasteiger partial charge on any atom is -0.313 e. The van der Waals surface area contributed by atoms with Crippen molar-refractivity contribution in [1.82, 2.24) is 10.2 Å². The van der Waals surface area contributed by atoms with Crippen molar-refractivity contribution in [3.05, 3.63) is 30.1 Å². The average molecular weight is 265 g/mol. The Labute approximate surface area is 111 Å². The maximum atomic E-state index is 13.4. The molecule has 1 aliphatic rings. The lowest BCUT2D eigenvalue weighted by Gasteiger charge is -2.31. The second-order valence-electron chi connectivity index (χ2n) is 4.16. The summed E-state index contributed by atoms with van der Waals surface area (Å²) in [6.45, 7) is 3.35. The fourth-order valence-electron chi connectivity index (χ4n) is 1.98. The zero-order valence-electron chi connectivity index (χ0n) is 10.1. The van der Waals surface area contributed by atoms with Crippen LogP contribution in [0.3, 0.4) is 0 Å². The van der Waals surface area contributed by atoms with Gasteiger partial charge in [-0.05, 0) is 12.1 Å². The number of nitrogens with zero attached hydrogens (tertiary/aromatic N) is 2. The van der Waals surface area contributed by atoms with Gasteiger partial charge in [0.1, 0.15) is 11.9 Å². The molecular formula is C13H16FN3S. The Kier molecular flexibility index (Phi) is 5.00. The Morgan fingerprint density at radius 2 is 2.33 bits per heavy atom. The molecule has 0 saturated carbocycles. The number of hydrogen-bond acceptors (Lipinski definition) is 4. The predicted molar refractivity (Wildman–Crippen MR) is 71.0 cm³/mol. The van der Waals surface area contributed by atoms with Crippen molar-refractivity contribution >= 4 is 11.8 Å². The first-order valence-electron chi connectivity index (χ1n) is 6.03. The van der Waals surface area contributed by atoms with Crippen molar-refractivity contribution in [2.45, 2.75) is 10.9 Å². The molecule has 1 heterocycles. The van der Waals surface area contributed by atoms with E-state index in [0.29, 0.717) is 4.90 Å². The Balaban J connectivity index is 1.81. The van der Waals surface area contributed by atoms with Crippen LogP contribution in [0.5, 0.6) is 0 Å². The van der Waals surface area contributed by atoms with E-state index >= 15 is 0 Å². The molecule has 0 bridgehead atoms. The van der Waals surface area contributed by atoms with Gasteiger partial charge >= 0.3 is 0 Å². The first kappa shape index (κ1) is 13.3. The third kappa shape index (κ3) is 3.45. The number of halogens is 1. The van der Waals surface area contributed by atoms with Crippen LogP contribution in [0.1, 0.15) is 0 Å². The fraction of sp³-hybridized carbons (Fsp3) is 0.462. The molecule has 0 amide bonds. The van der Waals surface area contributed by atoms with Crippen molar-refractivity contribution in [2.24, 2.45) is 0 Å².